The first-order valence-electron chi connectivity index (χ1n) is 8.92. The zero-order valence-electron chi connectivity index (χ0n) is 15.9. The van der Waals surface area contributed by atoms with Crippen molar-refractivity contribution in [1.82, 2.24) is 4.57 Å². The number of hydrogen-bond donors (Lipinski definition) is 1. The number of benzene rings is 2. The molecule has 0 aliphatic heterocycles. The van der Waals surface area contributed by atoms with E-state index in [4.69, 9.17) is 5.26 Å². The molecule has 0 aliphatic rings. The molecule has 138 valence electrons. The number of aryl methyl sites for hydroxylation is 1. The maximum absolute atomic E-state index is 11.3. The lowest BCUT2D eigenvalue weighted by atomic mass is 10.00. The van der Waals surface area contributed by atoms with Crippen LogP contribution in [-0.2, 0) is 6.42 Å². The lowest BCUT2D eigenvalue weighted by Gasteiger charge is -2.15. The Morgan fingerprint density at radius 1 is 1.04 bits per heavy atom. The number of aromatic nitrogens is 1. The van der Waals surface area contributed by atoms with Crippen LogP contribution in [0.3, 0.4) is 0 Å². The van der Waals surface area contributed by atoms with Crippen molar-refractivity contribution in [1.29, 1.82) is 10.5 Å². The fraction of sp³-hybridized carbons (Fsp3) is 0.174. The fourth-order valence-corrected chi connectivity index (χ4v) is 3.62. The van der Waals surface area contributed by atoms with Gasteiger partial charge in [-0.3, -0.25) is 0 Å². The highest BCUT2D eigenvalue weighted by atomic mass is 16.4. The fourth-order valence-electron chi connectivity index (χ4n) is 3.62. The Morgan fingerprint density at radius 2 is 1.71 bits per heavy atom. The molecule has 0 aliphatic carbocycles. The molecule has 3 rings (SSSR count). The predicted octanol–water partition coefficient (Wildman–Crippen LogP) is 4.77. The predicted molar refractivity (Wildman–Crippen MR) is 106 cm³/mol. The second kappa shape index (κ2) is 7.42. The van der Waals surface area contributed by atoms with Gasteiger partial charge in [0, 0.05) is 22.6 Å². The molecule has 3 aromatic rings. The molecule has 28 heavy (non-hydrogen) atoms. The second-order valence-corrected chi connectivity index (χ2v) is 6.56. The van der Waals surface area contributed by atoms with Crippen molar-refractivity contribution >= 4 is 5.97 Å². The second-order valence-electron chi connectivity index (χ2n) is 6.56. The van der Waals surface area contributed by atoms with Crippen molar-refractivity contribution in [2.45, 2.75) is 27.2 Å². The first kappa shape index (κ1) is 18.9. The van der Waals surface area contributed by atoms with E-state index < -0.39 is 5.97 Å². The minimum atomic E-state index is -0.960. The van der Waals surface area contributed by atoms with Crippen LogP contribution in [0.15, 0.2) is 42.5 Å². The van der Waals surface area contributed by atoms with Crippen molar-refractivity contribution in [2.75, 3.05) is 0 Å². The summed E-state index contributed by atoms with van der Waals surface area (Å²) in [5.41, 5.74) is 6.56. The van der Waals surface area contributed by atoms with Crippen LogP contribution in [-0.4, -0.2) is 15.6 Å². The Balaban J connectivity index is 2.27. The number of aromatic carboxylic acids is 1. The number of carbonyl (C=O) groups is 1. The van der Waals surface area contributed by atoms with Crippen molar-refractivity contribution in [3.63, 3.8) is 0 Å². The first-order chi connectivity index (χ1) is 13.4. The number of carboxylic acids is 1. The Labute approximate surface area is 163 Å². The van der Waals surface area contributed by atoms with Crippen molar-refractivity contribution in [3.8, 4) is 29.0 Å². The third kappa shape index (κ3) is 3.04. The molecule has 0 saturated carbocycles. The molecule has 0 radical (unpaired) electrons. The molecule has 0 bridgehead atoms. The number of nitrogens with zero attached hydrogens (tertiary/aromatic N) is 3. The largest absolute Gasteiger partial charge is 0.478 e. The van der Waals surface area contributed by atoms with Crippen molar-refractivity contribution in [3.05, 3.63) is 76.1 Å². The third-order valence-electron chi connectivity index (χ3n) is 5.01. The van der Waals surface area contributed by atoms with Crippen molar-refractivity contribution < 1.29 is 9.90 Å². The monoisotopic (exact) mass is 369 g/mol. The van der Waals surface area contributed by atoms with Crippen LogP contribution in [0.25, 0.3) is 16.8 Å². The Kier molecular flexibility index (Phi) is 5.02. The molecule has 2 aromatic carbocycles. The summed E-state index contributed by atoms with van der Waals surface area (Å²) in [5.74, 6) is -0.960. The number of hydrogen-bond acceptors (Lipinski definition) is 3. The average molecular weight is 369 g/mol. The molecule has 0 unspecified atom stereocenters. The zero-order chi connectivity index (χ0) is 20.4. The maximum atomic E-state index is 11.3. The summed E-state index contributed by atoms with van der Waals surface area (Å²) < 4.78 is 2.01. The number of rotatable bonds is 4. The molecule has 5 heteroatoms. The highest BCUT2D eigenvalue weighted by Crippen LogP contribution is 2.35. The van der Waals surface area contributed by atoms with E-state index in [1.807, 2.05) is 37.5 Å². The highest BCUT2D eigenvalue weighted by Gasteiger charge is 2.21. The van der Waals surface area contributed by atoms with Gasteiger partial charge in [-0.15, -0.1) is 0 Å². The lowest BCUT2D eigenvalue weighted by Crippen LogP contribution is -2.06. The molecule has 0 amide bonds. The van der Waals surface area contributed by atoms with Crippen LogP contribution >= 0.6 is 0 Å². The van der Waals surface area contributed by atoms with Crippen LogP contribution in [0, 0.1) is 36.5 Å². The van der Waals surface area contributed by atoms with Crippen LogP contribution in [0.1, 0.15) is 45.4 Å². The summed E-state index contributed by atoms with van der Waals surface area (Å²) >= 11 is 0. The van der Waals surface area contributed by atoms with Crippen LogP contribution in [0.4, 0.5) is 0 Å². The quantitative estimate of drug-likeness (QED) is 0.717. The van der Waals surface area contributed by atoms with Gasteiger partial charge in [0.15, 0.2) is 0 Å². The van der Waals surface area contributed by atoms with Gasteiger partial charge < -0.3 is 9.67 Å². The van der Waals surface area contributed by atoms with Gasteiger partial charge in [0.2, 0.25) is 0 Å². The molecule has 0 saturated heterocycles. The Bertz CT molecular complexity index is 1160. The minimum absolute atomic E-state index is 0.246. The molecule has 5 nitrogen and oxygen atoms in total. The summed E-state index contributed by atoms with van der Waals surface area (Å²) in [6.45, 7) is 5.82. The van der Waals surface area contributed by atoms with Gasteiger partial charge in [0.25, 0.3) is 0 Å². The van der Waals surface area contributed by atoms with Crippen molar-refractivity contribution in [2.24, 2.45) is 0 Å². The van der Waals surface area contributed by atoms with Gasteiger partial charge in [-0.1, -0.05) is 19.1 Å². The van der Waals surface area contributed by atoms with Crippen LogP contribution in [0.5, 0.6) is 0 Å². The van der Waals surface area contributed by atoms with E-state index in [-0.39, 0.29) is 5.56 Å². The van der Waals surface area contributed by atoms with Gasteiger partial charge in [0.05, 0.1) is 22.8 Å². The van der Waals surface area contributed by atoms with E-state index in [1.165, 1.54) is 0 Å². The first-order valence-corrected chi connectivity index (χ1v) is 8.92. The van der Waals surface area contributed by atoms with Gasteiger partial charge in [0.1, 0.15) is 6.07 Å². The molecular formula is C23H19N3O2. The number of carboxylic acid groups (broad SMARTS) is 1. The summed E-state index contributed by atoms with van der Waals surface area (Å²) in [7, 11) is 0. The topological polar surface area (TPSA) is 89.8 Å². The van der Waals surface area contributed by atoms with E-state index in [9.17, 15) is 15.2 Å². The van der Waals surface area contributed by atoms with E-state index in [0.29, 0.717) is 17.5 Å². The molecule has 0 fully saturated rings. The normalized spacial score (nSPS) is 10.3. The standard InChI is InChI=1S/C23H19N3O2/c1-4-17-11-19(23(27)28)9-10-21(17)26-14(2)20(13-25)22(15(26)3)18-7-5-16(12-24)6-8-18/h5-11H,4H2,1-3H3,(H,27,28). The highest BCUT2D eigenvalue weighted by molar-refractivity contribution is 5.88. The molecule has 0 spiro atoms. The van der Waals surface area contributed by atoms with E-state index in [0.717, 1.165) is 33.8 Å². The summed E-state index contributed by atoms with van der Waals surface area (Å²) in [5, 5.41) is 28.1. The average Bonchev–Trinajstić information content (AvgIpc) is 2.96. The summed E-state index contributed by atoms with van der Waals surface area (Å²) in [4.78, 5) is 11.3. The Morgan fingerprint density at radius 3 is 2.25 bits per heavy atom. The SMILES string of the molecule is CCc1cc(C(=O)O)ccc1-n1c(C)c(C#N)c(-c2ccc(C#N)cc2)c1C. The van der Waals surface area contributed by atoms with Gasteiger partial charge in [-0.05, 0) is 61.7 Å². The maximum Gasteiger partial charge on any atom is 0.335 e. The zero-order valence-corrected chi connectivity index (χ0v) is 15.9. The molecule has 0 atom stereocenters. The van der Waals surface area contributed by atoms with E-state index >= 15 is 0 Å². The van der Waals surface area contributed by atoms with Gasteiger partial charge in [-0.25, -0.2) is 4.79 Å². The van der Waals surface area contributed by atoms with E-state index in [2.05, 4.69) is 12.1 Å². The number of nitriles is 2. The molecule has 1 N–H and O–H groups in total. The smallest absolute Gasteiger partial charge is 0.335 e. The molecule has 1 heterocycles. The summed E-state index contributed by atoms with van der Waals surface area (Å²) in [6.07, 6.45) is 0.668. The van der Waals surface area contributed by atoms with Gasteiger partial charge >= 0.3 is 5.97 Å². The molecular weight excluding hydrogens is 350 g/mol. The minimum Gasteiger partial charge on any atom is -0.478 e. The van der Waals surface area contributed by atoms with Gasteiger partial charge in [-0.2, -0.15) is 10.5 Å². The third-order valence-corrected chi connectivity index (χ3v) is 5.01. The summed E-state index contributed by atoms with van der Waals surface area (Å²) in [6, 6.07) is 16.6. The van der Waals surface area contributed by atoms with Crippen LogP contribution in [0.2, 0.25) is 0 Å². The van der Waals surface area contributed by atoms with E-state index in [1.54, 1.807) is 30.3 Å². The Hall–Kier alpha value is -3.83. The lowest BCUT2D eigenvalue weighted by molar-refractivity contribution is 0.0697. The van der Waals surface area contributed by atoms with Crippen LogP contribution < -0.4 is 0 Å². The molecule has 1 aromatic heterocycles.